The quantitative estimate of drug-likeness (QED) is 0.367. The Morgan fingerprint density at radius 2 is 1.93 bits per heavy atom. The Hall–Kier alpha value is 0.750. The number of aliphatic hydroxyl groups excluding tert-OH is 2. The summed E-state index contributed by atoms with van der Waals surface area (Å²) in [5, 5.41) is 18.1. The van der Waals surface area contributed by atoms with Crippen LogP contribution in [0.25, 0.3) is 0 Å². The van der Waals surface area contributed by atoms with Crippen LogP contribution in [0.15, 0.2) is 0 Å². The molecule has 9 heteroatoms. The van der Waals surface area contributed by atoms with Gasteiger partial charge in [-0.2, -0.15) is 8.42 Å². The van der Waals surface area contributed by atoms with Gasteiger partial charge in [0.25, 0.3) is 0 Å². The van der Waals surface area contributed by atoms with Crippen LogP contribution in [0.4, 0.5) is 0 Å². The summed E-state index contributed by atoms with van der Waals surface area (Å²) in [5.74, 6) is 0. The molecule has 0 saturated carbocycles. The van der Waals surface area contributed by atoms with Crippen LogP contribution in [0.3, 0.4) is 0 Å². The van der Waals surface area contributed by atoms with Crippen LogP contribution in [-0.4, -0.2) is 80.4 Å². The maximum atomic E-state index is 9.33. The Bertz CT molecular complexity index is 257. The Balaban J connectivity index is 0.000000288. The first-order valence-electron chi connectivity index (χ1n) is 4.28. The normalized spacial score (nSPS) is 31.7. The zero-order chi connectivity index (χ0) is 12.1. The molecule has 0 radical (unpaired) electrons. The summed E-state index contributed by atoms with van der Waals surface area (Å²) in [6.45, 7) is 0.590. The van der Waals surface area contributed by atoms with Crippen LogP contribution in [0.2, 0.25) is 0 Å². The third-order valence-corrected chi connectivity index (χ3v) is 3.32. The number of ether oxygens (including phenoxy) is 1. The minimum absolute atomic E-state index is 0.0752. The van der Waals surface area contributed by atoms with E-state index in [-0.39, 0.29) is 3.35 Å². The molecule has 0 aromatic rings. The second-order valence-electron chi connectivity index (χ2n) is 3.02. The fourth-order valence-corrected chi connectivity index (χ4v) is 1.64. The van der Waals surface area contributed by atoms with Crippen molar-refractivity contribution in [2.45, 2.75) is 22.0 Å². The first-order chi connectivity index (χ1) is 6.78. The van der Waals surface area contributed by atoms with Gasteiger partial charge in [-0.15, -0.1) is 0 Å². The summed E-state index contributed by atoms with van der Waals surface area (Å²) >= 11 is 0.790. The number of rotatable bonds is 1. The second kappa shape index (κ2) is 7.15. The molecule has 0 aromatic carbocycles. The third-order valence-electron chi connectivity index (χ3n) is 1.88. The molecule has 7 nitrogen and oxygen atoms in total. The molecular weight excluding hydrogens is 239 g/mol. The fraction of sp³-hybridized carbons (Fsp3) is 1.00. The van der Waals surface area contributed by atoms with E-state index in [9.17, 15) is 8.42 Å². The molecule has 0 amide bonds. The Kier molecular flexibility index (Phi) is 7.51. The molecule has 3 N–H and O–H groups in total. The predicted molar refractivity (Wildman–Crippen MR) is 50.7 cm³/mol. The Morgan fingerprint density at radius 1 is 1.47 bits per heavy atom. The topological polar surface area (TPSA) is 113 Å². The van der Waals surface area contributed by atoms with E-state index in [1.54, 1.807) is 0 Å². The maximum absolute atomic E-state index is 9.33. The molecule has 3 atom stereocenters. The molecular formula is C6H13NaO7S. The van der Waals surface area contributed by atoms with Crippen molar-refractivity contribution in [3.05, 3.63) is 0 Å². The van der Waals surface area contributed by atoms with Gasteiger partial charge in [0.1, 0.15) is 0 Å². The van der Waals surface area contributed by atoms with Crippen molar-refractivity contribution < 1.29 is 32.1 Å². The van der Waals surface area contributed by atoms with Crippen molar-refractivity contribution in [3.8, 4) is 0 Å². The van der Waals surface area contributed by atoms with Gasteiger partial charge in [-0.1, -0.05) is 0 Å². The standard InChI is InChI=1S/C5H9O3.CH4O4S.Na/c6-4-1-2-8-3-5(4)7;1-5-6(2,3)4;/h3-7H,1-2H2;1H3,(H,2,3,4);. The van der Waals surface area contributed by atoms with Crippen molar-refractivity contribution in [1.82, 2.24) is 0 Å². The fourth-order valence-electron chi connectivity index (χ4n) is 0.957. The predicted octanol–water partition coefficient (Wildman–Crippen LogP) is -1.94. The molecule has 0 aromatic heterocycles. The summed E-state index contributed by atoms with van der Waals surface area (Å²) in [7, 11) is -3.29. The first-order valence-corrected chi connectivity index (χ1v) is 6.80. The monoisotopic (exact) mass is 252 g/mol. The van der Waals surface area contributed by atoms with E-state index in [1.807, 2.05) is 0 Å². The molecule has 0 spiro atoms. The van der Waals surface area contributed by atoms with Gasteiger partial charge in [-0.3, -0.25) is 8.74 Å². The molecule has 3 unspecified atom stereocenters. The molecule has 0 aliphatic carbocycles. The van der Waals surface area contributed by atoms with Gasteiger partial charge in [0.05, 0.1) is 7.11 Å². The van der Waals surface area contributed by atoms with E-state index in [4.69, 9.17) is 19.5 Å². The van der Waals surface area contributed by atoms with Crippen LogP contribution in [0.5, 0.6) is 0 Å². The zero-order valence-electron chi connectivity index (χ0n) is 8.53. The summed E-state index contributed by atoms with van der Waals surface area (Å²) < 4.78 is 34.7. The minimum atomic E-state index is -4.16. The summed E-state index contributed by atoms with van der Waals surface area (Å²) in [4.78, 5) is 0. The Morgan fingerprint density at radius 3 is 2.20 bits per heavy atom. The molecule has 1 fully saturated rings. The van der Waals surface area contributed by atoms with E-state index in [2.05, 4.69) is 4.18 Å². The van der Waals surface area contributed by atoms with Gasteiger partial charge in [-0.25, -0.2) is 0 Å². The summed E-state index contributed by atoms with van der Waals surface area (Å²) in [5.41, 5.74) is 0. The average Bonchev–Trinajstić information content (AvgIpc) is 2.14. The SMILES string of the molecule is COS(=O)(=O)O.OC1CCO[CH]([Na])C1O. The Labute approximate surface area is 106 Å². The van der Waals surface area contributed by atoms with Crippen molar-refractivity contribution in [2.75, 3.05) is 13.7 Å². The van der Waals surface area contributed by atoms with E-state index in [0.717, 1.165) is 35.0 Å². The van der Waals surface area contributed by atoms with Crippen LogP contribution < -0.4 is 0 Å². The zero-order valence-corrected chi connectivity index (χ0v) is 11.3. The van der Waals surface area contributed by atoms with E-state index >= 15 is 0 Å². The second-order valence-corrected chi connectivity index (χ2v) is 5.34. The van der Waals surface area contributed by atoms with Gasteiger partial charge in [0, 0.05) is 0 Å². The van der Waals surface area contributed by atoms with Crippen LogP contribution >= 0.6 is 0 Å². The molecule has 15 heavy (non-hydrogen) atoms. The molecule has 1 saturated heterocycles. The van der Waals surface area contributed by atoms with Crippen molar-refractivity contribution in [1.29, 1.82) is 0 Å². The van der Waals surface area contributed by atoms with Crippen LogP contribution in [-0.2, 0) is 19.3 Å². The van der Waals surface area contributed by atoms with Crippen molar-refractivity contribution >= 4 is 38.3 Å². The van der Waals surface area contributed by atoms with Gasteiger partial charge < -0.3 is 0 Å². The first kappa shape index (κ1) is 15.8. The molecule has 0 bridgehead atoms. The molecule has 1 rings (SSSR count). The van der Waals surface area contributed by atoms with Crippen LogP contribution in [0, 0.1) is 0 Å². The van der Waals surface area contributed by atoms with E-state index < -0.39 is 22.6 Å². The number of aliphatic hydroxyl groups is 2. The van der Waals surface area contributed by atoms with Crippen LogP contribution in [0.1, 0.15) is 6.42 Å². The van der Waals surface area contributed by atoms with Gasteiger partial charge >= 0.3 is 81.9 Å². The summed E-state index contributed by atoms with van der Waals surface area (Å²) in [6, 6.07) is 0. The van der Waals surface area contributed by atoms with Gasteiger partial charge in [-0.05, 0) is 0 Å². The van der Waals surface area contributed by atoms with E-state index in [1.165, 1.54) is 0 Å². The summed E-state index contributed by atoms with van der Waals surface area (Å²) in [6.07, 6.45) is -0.619. The van der Waals surface area contributed by atoms with E-state index in [0.29, 0.717) is 13.0 Å². The molecule has 1 aliphatic heterocycles. The molecule has 1 heterocycles. The van der Waals surface area contributed by atoms with Gasteiger partial charge in [0.2, 0.25) is 0 Å². The van der Waals surface area contributed by atoms with Gasteiger partial charge in [0.15, 0.2) is 0 Å². The average molecular weight is 252 g/mol. The molecule has 1 aliphatic rings. The van der Waals surface area contributed by atoms with Crippen molar-refractivity contribution in [3.63, 3.8) is 0 Å². The molecule has 86 valence electrons. The number of hydrogen-bond donors (Lipinski definition) is 3. The number of hydrogen-bond acceptors (Lipinski definition) is 6. The third kappa shape index (κ3) is 7.61. The van der Waals surface area contributed by atoms with Crippen molar-refractivity contribution in [2.24, 2.45) is 0 Å².